The predicted octanol–water partition coefficient (Wildman–Crippen LogP) is 5.64. The molecular formula is C8HCl2F6I. The van der Waals surface area contributed by atoms with Crippen LogP contribution in [0, 0.1) is 3.57 Å². The van der Waals surface area contributed by atoms with Crippen LogP contribution >= 0.6 is 45.8 Å². The van der Waals surface area contributed by atoms with Crippen molar-refractivity contribution < 1.29 is 26.3 Å². The van der Waals surface area contributed by atoms with Crippen molar-refractivity contribution in [3.05, 3.63) is 30.8 Å². The van der Waals surface area contributed by atoms with Crippen molar-refractivity contribution in [2.45, 2.75) is 12.4 Å². The van der Waals surface area contributed by atoms with Crippen molar-refractivity contribution in [3.63, 3.8) is 0 Å². The molecule has 0 bridgehead atoms. The lowest BCUT2D eigenvalue weighted by Crippen LogP contribution is -2.15. The van der Waals surface area contributed by atoms with Crippen LogP contribution in [0.3, 0.4) is 0 Å². The highest BCUT2D eigenvalue weighted by Crippen LogP contribution is 2.47. The van der Waals surface area contributed by atoms with Gasteiger partial charge in [-0.05, 0) is 28.7 Å². The first kappa shape index (κ1) is 15.2. The Morgan fingerprint density at radius 3 is 1.65 bits per heavy atom. The Bertz CT molecular complexity index is 413. The lowest BCUT2D eigenvalue weighted by Gasteiger charge is -2.17. The van der Waals surface area contributed by atoms with Gasteiger partial charge in [-0.3, -0.25) is 0 Å². The molecule has 0 aliphatic heterocycles. The highest BCUT2D eigenvalue weighted by Gasteiger charge is 2.43. The van der Waals surface area contributed by atoms with Gasteiger partial charge in [0.05, 0.1) is 21.2 Å². The quantitative estimate of drug-likeness (QED) is 0.385. The van der Waals surface area contributed by atoms with Gasteiger partial charge in [0.25, 0.3) is 0 Å². The van der Waals surface area contributed by atoms with E-state index in [4.69, 9.17) is 23.2 Å². The van der Waals surface area contributed by atoms with Crippen LogP contribution in [0.1, 0.15) is 11.1 Å². The molecule has 0 radical (unpaired) electrons. The van der Waals surface area contributed by atoms with Gasteiger partial charge in [-0.2, -0.15) is 26.3 Å². The zero-order valence-corrected chi connectivity index (χ0v) is 11.1. The molecule has 0 N–H and O–H groups in total. The molecule has 9 heteroatoms. The highest BCUT2D eigenvalue weighted by molar-refractivity contribution is 14.1. The summed E-state index contributed by atoms with van der Waals surface area (Å²) < 4.78 is 74.5. The number of halogens is 9. The third kappa shape index (κ3) is 3.11. The minimum atomic E-state index is -5.04. The fourth-order valence-corrected chi connectivity index (χ4v) is 3.12. The summed E-state index contributed by atoms with van der Waals surface area (Å²) in [6.07, 6.45) is -10.0. The van der Waals surface area contributed by atoms with Crippen LogP contribution in [-0.4, -0.2) is 0 Å². The summed E-state index contributed by atoms with van der Waals surface area (Å²) in [6, 6.07) is 0.583. The van der Waals surface area contributed by atoms with Crippen LogP contribution < -0.4 is 0 Å². The first-order valence-electron chi connectivity index (χ1n) is 3.78. The number of rotatable bonds is 0. The first-order chi connectivity index (χ1) is 7.46. The number of benzene rings is 1. The number of hydrogen-bond acceptors (Lipinski definition) is 0. The molecule has 1 aromatic carbocycles. The third-order valence-corrected chi connectivity index (χ3v) is 3.26. The van der Waals surface area contributed by atoms with E-state index < -0.39 is 37.1 Å². The zero-order chi connectivity index (χ0) is 13.6. The molecule has 1 rings (SSSR count). The highest BCUT2D eigenvalue weighted by atomic mass is 127. The van der Waals surface area contributed by atoms with Crippen LogP contribution in [-0.2, 0) is 12.4 Å². The van der Waals surface area contributed by atoms with Gasteiger partial charge in [-0.1, -0.05) is 23.2 Å². The van der Waals surface area contributed by atoms with Gasteiger partial charge in [0.2, 0.25) is 0 Å². The molecular weight excluding hydrogens is 408 g/mol. The Balaban J connectivity index is 3.67. The average Bonchev–Trinajstić information content (AvgIpc) is 1.94. The van der Waals surface area contributed by atoms with Crippen LogP contribution in [0.5, 0.6) is 0 Å². The minimum absolute atomic E-state index is 0.488. The van der Waals surface area contributed by atoms with Gasteiger partial charge in [-0.25, -0.2) is 0 Å². The van der Waals surface area contributed by atoms with E-state index in [2.05, 4.69) is 0 Å². The third-order valence-electron chi connectivity index (χ3n) is 1.74. The van der Waals surface area contributed by atoms with Gasteiger partial charge in [0.15, 0.2) is 0 Å². The Hall–Kier alpha value is 0.110. The Kier molecular flexibility index (Phi) is 4.15. The predicted molar refractivity (Wildman–Crippen MR) is 59.2 cm³/mol. The van der Waals surface area contributed by atoms with Crippen molar-refractivity contribution in [3.8, 4) is 0 Å². The summed E-state index contributed by atoms with van der Waals surface area (Å²) in [5, 5.41) is -2.29. The van der Waals surface area contributed by atoms with E-state index in [1.807, 2.05) is 0 Å². The summed E-state index contributed by atoms with van der Waals surface area (Å²) in [5.41, 5.74) is -3.20. The molecule has 0 aromatic heterocycles. The standard InChI is InChI=1S/C8HCl2F6I/c9-2-1-3(17)5(8(14,15)16)6(10)4(2)7(11,12)13/h1H. The number of alkyl halides is 6. The molecule has 0 saturated heterocycles. The lowest BCUT2D eigenvalue weighted by molar-refractivity contribution is -0.143. The molecule has 96 valence electrons. The van der Waals surface area contributed by atoms with E-state index in [0.717, 1.165) is 0 Å². The Morgan fingerprint density at radius 1 is 0.882 bits per heavy atom. The van der Waals surface area contributed by atoms with Crippen molar-refractivity contribution in [2.24, 2.45) is 0 Å². The van der Waals surface area contributed by atoms with Crippen molar-refractivity contribution >= 4 is 45.8 Å². The maximum Gasteiger partial charge on any atom is 0.419 e. The molecule has 0 fully saturated rings. The summed E-state index contributed by atoms with van der Waals surface area (Å²) in [4.78, 5) is 0. The second-order valence-electron chi connectivity index (χ2n) is 2.90. The van der Waals surface area contributed by atoms with E-state index in [1.165, 1.54) is 22.6 Å². The molecule has 0 aliphatic carbocycles. The second-order valence-corrected chi connectivity index (χ2v) is 4.85. The number of hydrogen-bond donors (Lipinski definition) is 0. The molecule has 0 heterocycles. The monoisotopic (exact) mass is 408 g/mol. The second kappa shape index (κ2) is 4.65. The van der Waals surface area contributed by atoms with E-state index >= 15 is 0 Å². The largest absolute Gasteiger partial charge is 0.419 e. The van der Waals surface area contributed by atoms with Crippen molar-refractivity contribution in [1.82, 2.24) is 0 Å². The Morgan fingerprint density at radius 2 is 1.29 bits per heavy atom. The van der Waals surface area contributed by atoms with Gasteiger partial charge >= 0.3 is 12.4 Å². The zero-order valence-electron chi connectivity index (χ0n) is 7.48. The molecule has 0 atom stereocenters. The van der Waals surface area contributed by atoms with Crippen LogP contribution in [0.25, 0.3) is 0 Å². The average molecular weight is 409 g/mol. The smallest absolute Gasteiger partial charge is 0.166 e. The maximum atomic E-state index is 12.5. The summed E-state index contributed by atoms with van der Waals surface area (Å²) in [6.45, 7) is 0. The van der Waals surface area contributed by atoms with Crippen molar-refractivity contribution in [1.29, 1.82) is 0 Å². The maximum absolute atomic E-state index is 12.5. The molecule has 17 heavy (non-hydrogen) atoms. The first-order valence-corrected chi connectivity index (χ1v) is 5.61. The minimum Gasteiger partial charge on any atom is -0.166 e. The SMILES string of the molecule is FC(F)(F)c1c(Cl)cc(I)c(C(F)(F)F)c1Cl. The molecule has 0 unspecified atom stereocenters. The fraction of sp³-hybridized carbons (Fsp3) is 0.250. The van der Waals surface area contributed by atoms with Crippen LogP contribution in [0.4, 0.5) is 26.3 Å². The van der Waals surface area contributed by atoms with Crippen LogP contribution in [0.15, 0.2) is 6.07 Å². The molecule has 0 aliphatic rings. The molecule has 0 nitrogen and oxygen atoms in total. The van der Waals surface area contributed by atoms with E-state index in [-0.39, 0.29) is 0 Å². The van der Waals surface area contributed by atoms with Gasteiger partial charge < -0.3 is 0 Å². The normalized spacial score (nSPS) is 13.0. The molecule has 0 amide bonds. The summed E-state index contributed by atoms with van der Waals surface area (Å²) in [5.74, 6) is 0. The fourth-order valence-electron chi connectivity index (χ4n) is 1.11. The van der Waals surface area contributed by atoms with Gasteiger partial charge in [0.1, 0.15) is 0 Å². The summed E-state index contributed by atoms with van der Waals surface area (Å²) >= 11 is 11.6. The van der Waals surface area contributed by atoms with E-state index in [9.17, 15) is 26.3 Å². The molecule has 0 spiro atoms. The molecule has 1 aromatic rings. The lowest BCUT2D eigenvalue weighted by atomic mass is 10.1. The van der Waals surface area contributed by atoms with Crippen molar-refractivity contribution in [2.75, 3.05) is 0 Å². The van der Waals surface area contributed by atoms with Crippen LogP contribution in [0.2, 0.25) is 10.0 Å². The Labute approximate surface area is 115 Å². The molecule has 0 saturated carbocycles. The van der Waals surface area contributed by atoms with Gasteiger partial charge in [0, 0.05) is 3.57 Å². The topological polar surface area (TPSA) is 0 Å². The van der Waals surface area contributed by atoms with Gasteiger partial charge in [-0.15, -0.1) is 0 Å². The summed E-state index contributed by atoms with van der Waals surface area (Å²) in [7, 11) is 0. The van der Waals surface area contributed by atoms with E-state index in [0.29, 0.717) is 6.07 Å². The van der Waals surface area contributed by atoms with E-state index in [1.54, 1.807) is 0 Å².